The van der Waals surface area contributed by atoms with E-state index in [0.29, 0.717) is 33.5 Å². The van der Waals surface area contributed by atoms with Crippen molar-refractivity contribution in [3.63, 3.8) is 0 Å². The Labute approximate surface area is 205 Å². The lowest BCUT2D eigenvalue weighted by atomic mass is 10.2. The minimum atomic E-state index is -0.517. The first-order valence-corrected chi connectivity index (χ1v) is 11.1. The van der Waals surface area contributed by atoms with Crippen LogP contribution in [0.5, 0.6) is 5.75 Å². The third-order valence-electron chi connectivity index (χ3n) is 4.85. The van der Waals surface area contributed by atoms with Crippen molar-refractivity contribution in [2.45, 2.75) is 13.5 Å². The Morgan fingerprint density at radius 3 is 2.57 bits per heavy atom. The van der Waals surface area contributed by atoms with Crippen LogP contribution in [0.15, 0.2) is 77.7 Å². The first-order chi connectivity index (χ1) is 16.9. The summed E-state index contributed by atoms with van der Waals surface area (Å²) in [4.78, 5) is 41.2. The molecule has 2 aromatic carbocycles. The Balaban J connectivity index is 1.36. The summed E-state index contributed by atoms with van der Waals surface area (Å²) in [7, 11) is 0. The number of hydrogen-bond donors (Lipinski definition) is 2. The number of benzene rings is 2. The number of carbonyl (C=O) groups excluding carboxylic acids is 2. The molecule has 0 fully saturated rings. The highest BCUT2D eigenvalue weighted by Crippen LogP contribution is 2.19. The summed E-state index contributed by atoms with van der Waals surface area (Å²) >= 11 is 5.93. The van der Waals surface area contributed by atoms with E-state index in [1.165, 1.54) is 16.7 Å². The van der Waals surface area contributed by atoms with Crippen molar-refractivity contribution in [3.8, 4) is 5.75 Å². The zero-order chi connectivity index (χ0) is 24.8. The molecule has 0 atom stereocenters. The third kappa shape index (κ3) is 5.96. The van der Waals surface area contributed by atoms with Gasteiger partial charge in [0.1, 0.15) is 18.0 Å². The number of carbonyl (C=O) groups is 2. The van der Waals surface area contributed by atoms with Gasteiger partial charge >= 0.3 is 12.0 Å². The summed E-state index contributed by atoms with van der Waals surface area (Å²) in [6.07, 6.45) is 1.51. The summed E-state index contributed by atoms with van der Waals surface area (Å²) in [5, 5.41) is 5.79. The minimum Gasteiger partial charge on any atom is -0.487 e. The maximum Gasteiger partial charge on any atom is 0.340 e. The molecule has 10 heteroatoms. The molecule has 0 radical (unpaired) electrons. The standard InChI is InChI=1S/C25H21ClN4O5/c1-2-34-24(32)20-5-3-4-6-21(20)29-25(33)28-17-8-10-19(11-9-17)35-15-18-13-23(31)30-14-16(26)7-12-22(30)27-18/h3-14H,2,15H2,1H3,(H2,28,29,33). The van der Waals surface area contributed by atoms with E-state index in [1.54, 1.807) is 67.6 Å². The Hall–Kier alpha value is -4.37. The van der Waals surface area contributed by atoms with Gasteiger partial charge in [0.25, 0.3) is 5.56 Å². The van der Waals surface area contributed by atoms with Gasteiger partial charge in [-0.3, -0.25) is 9.20 Å². The fourth-order valence-electron chi connectivity index (χ4n) is 3.26. The number of nitrogens with one attached hydrogen (secondary N) is 2. The van der Waals surface area contributed by atoms with E-state index in [9.17, 15) is 14.4 Å². The summed E-state index contributed by atoms with van der Waals surface area (Å²) in [6, 6.07) is 17.5. The molecule has 2 aromatic heterocycles. The van der Waals surface area contributed by atoms with E-state index in [1.807, 2.05) is 0 Å². The van der Waals surface area contributed by atoms with Crippen LogP contribution in [0.1, 0.15) is 23.0 Å². The van der Waals surface area contributed by atoms with Crippen LogP contribution < -0.4 is 20.9 Å². The van der Waals surface area contributed by atoms with Crippen molar-refractivity contribution >= 4 is 40.6 Å². The van der Waals surface area contributed by atoms with Gasteiger partial charge in [-0.05, 0) is 55.5 Å². The fraction of sp³-hybridized carbons (Fsp3) is 0.120. The Morgan fingerprint density at radius 1 is 1.03 bits per heavy atom. The van der Waals surface area contributed by atoms with Gasteiger partial charge in [0.05, 0.1) is 28.6 Å². The number of halogens is 1. The highest BCUT2D eigenvalue weighted by molar-refractivity contribution is 6.30. The van der Waals surface area contributed by atoms with Crippen LogP contribution in [0, 0.1) is 0 Å². The van der Waals surface area contributed by atoms with Gasteiger partial charge in [-0.15, -0.1) is 0 Å². The van der Waals surface area contributed by atoms with Crippen molar-refractivity contribution in [2.75, 3.05) is 17.2 Å². The summed E-state index contributed by atoms with van der Waals surface area (Å²) in [5.41, 5.74) is 1.80. The second-order valence-corrected chi connectivity index (χ2v) is 7.76. The molecule has 4 aromatic rings. The first kappa shape index (κ1) is 23.8. The molecule has 2 N–H and O–H groups in total. The summed E-state index contributed by atoms with van der Waals surface area (Å²) in [6.45, 7) is 2.03. The van der Waals surface area contributed by atoms with Crippen LogP contribution in [0.4, 0.5) is 16.2 Å². The molecule has 0 saturated carbocycles. The summed E-state index contributed by atoms with van der Waals surface area (Å²) in [5.74, 6) is 0.0130. The van der Waals surface area contributed by atoms with Gasteiger partial charge in [-0.1, -0.05) is 23.7 Å². The second kappa shape index (κ2) is 10.7. The molecule has 0 saturated heterocycles. The van der Waals surface area contributed by atoms with E-state index in [0.717, 1.165) is 0 Å². The van der Waals surface area contributed by atoms with Gasteiger partial charge in [0, 0.05) is 18.0 Å². The number of urea groups is 1. The fourth-order valence-corrected chi connectivity index (χ4v) is 3.42. The molecule has 35 heavy (non-hydrogen) atoms. The van der Waals surface area contributed by atoms with Crippen LogP contribution in [0.2, 0.25) is 5.02 Å². The van der Waals surface area contributed by atoms with Crippen LogP contribution in [0.25, 0.3) is 5.65 Å². The van der Waals surface area contributed by atoms with Crippen LogP contribution in [-0.4, -0.2) is 28.0 Å². The number of anilines is 2. The number of hydrogen-bond acceptors (Lipinski definition) is 6. The topological polar surface area (TPSA) is 111 Å². The molecule has 0 aliphatic rings. The third-order valence-corrected chi connectivity index (χ3v) is 5.07. The van der Waals surface area contributed by atoms with Crippen molar-refractivity contribution in [3.05, 3.63) is 99.6 Å². The summed E-state index contributed by atoms with van der Waals surface area (Å²) < 4.78 is 12.1. The van der Waals surface area contributed by atoms with Gasteiger partial charge in [-0.2, -0.15) is 0 Å². The van der Waals surface area contributed by atoms with Crippen molar-refractivity contribution < 1.29 is 19.1 Å². The number of pyridine rings is 1. The second-order valence-electron chi connectivity index (χ2n) is 7.32. The molecule has 178 valence electrons. The van der Waals surface area contributed by atoms with Gasteiger partial charge in [0.15, 0.2) is 0 Å². The molecule has 0 spiro atoms. The number of esters is 1. The number of rotatable bonds is 7. The average Bonchev–Trinajstić information content (AvgIpc) is 2.84. The van der Waals surface area contributed by atoms with Crippen LogP contribution in [0.3, 0.4) is 0 Å². The predicted molar refractivity (Wildman–Crippen MR) is 132 cm³/mol. The highest BCUT2D eigenvalue weighted by Gasteiger charge is 2.14. The van der Waals surface area contributed by atoms with Crippen molar-refractivity contribution in [1.82, 2.24) is 9.38 Å². The van der Waals surface area contributed by atoms with E-state index in [4.69, 9.17) is 21.1 Å². The van der Waals surface area contributed by atoms with Gasteiger partial charge < -0.3 is 20.1 Å². The number of nitrogens with zero attached hydrogens (tertiary/aromatic N) is 2. The normalized spacial score (nSPS) is 10.6. The number of ether oxygens (including phenoxy) is 2. The van der Waals surface area contributed by atoms with E-state index >= 15 is 0 Å². The molecule has 2 heterocycles. The Kier molecular flexibility index (Phi) is 7.27. The molecule has 2 amide bonds. The molecule has 0 bridgehead atoms. The first-order valence-electron chi connectivity index (χ1n) is 10.7. The molecule has 0 unspecified atom stereocenters. The number of aromatic nitrogens is 2. The molecule has 4 rings (SSSR count). The Morgan fingerprint density at radius 2 is 1.80 bits per heavy atom. The lowest BCUT2D eigenvalue weighted by Crippen LogP contribution is -2.21. The van der Waals surface area contributed by atoms with Crippen molar-refractivity contribution in [2.24, 2.45) is 0 Å². The number of amides is 2. The zero-order valence-electron chi connectivity index (χ0n) is 18.7. The molecule has 9 nitrogen and oxygen atoms in total. The van der Waals surface area contributed by atoms with Gasteiger partial charge in [-0.25, -0.2) is 14.6 Å². The van der Waals surface area contributed by atoms with E-state index in [-0.39, 0.29) is 24.3 Å². The van der Waals surface area contributed by atoms with Gasteiger partial charge in [0.2, 0.25) is 0 Å². The lowest BCUT2D eigenvalue weighted by Gasteiger charge is -2.12. The highest BCUT2D eigenvalue weighted by atomic mass is 35.5. The Bertz CT molecular complexity index is 1440. The van der Waals surface area contributed by atoms with E-state index < -0.39 is 12.0 Å². The number of para-hydroxylation sites is 1. The molecular formula is C25H21ClN4O5. The van der Waals surface area contributed by atoms with E-state index in [2.05, 4.69) is 15.6 Å². The minimum absolute atomic E-state index is 0.0896. The van der Waals surface area contributed by atoms with Crippen molar-refractivity contribution in [1.29, 1.82) is 0 Å². The molecule has 0 aliphatic carbocycles. The monoisotopic (exact) mass is 492 g/mol. The largest absolute Gasteiger partial charge is 0.487 e. The molecular weight excluding hydrogens is 472 g/mol. The molecule has 0 aliphatic heterocycles. The quantitative estimate of drug-likeness (QED) is 0.360. The average molecular weight is 493 g/mol. The SMILES string of the molecule is CCOC(=O)c1ccccc1NC(=O)Nc1ccc(OCc2cc(=O)n3cc(Cl)ccc3n2)cc1. The smallest absolute Gasteiger partial charge is 0.340 e. The zero-order valence-corrected chi connectivity index (χ0v) is 19.4. The maximum atomic E-state index is 12.4. The maximum absolute atomic E-state index is 12.4. The lowest BCUT2D eigenvalue weighted by molar-refractivity contribution is 0.0527. The van der Waals surface area contributed by atoms with Crippen LogP contribution in [-0.2, 0) is 11.3 Å². The van der Waals surface area contributed by atoms with Crippen LogP contribution >= 0.6 is 11.6 Å². The number of fused-ring (bicyclic) bond motifs is 1. The predicted octanol–water partition coefficient (Wildman–Crippen LogP) is 4.75.